The largest absolute Gasteiger partial charge is 0.394 e. The molecule has 4 unspecified atom stereocenters. The van der Waals surface area contributed by atoms with Gasteiger partial charge >= 0.3 is 0 Å². The molecule has 0 saturated carbocycles. The van der Waals surface area contributed by atoms with Crippen molar-refractivity contribution in [2.45, 2.75) is 31.5 Å². The number of nitrogens with zero attached hydrogens (tertiary/aromatic N) is 2. The summed E-state index contributed by atoms with van der Waals surface area (Å²) in [6.07, 6.45) is -5.85. The Morgan fingerprint density at radius 1 is 1.09 bits per heavy atom. The third-order valence-corrected chi connectivity index (χ3v) is 7.33. The molecule has 8 N–H and O–H groups in total. The number of carbonyl (C=O) groups excluding carboxylic acids is 3. The Morgan fingerprint density at radius 3 is 2.26 bits per heavy atom. The molecule has 0 aliphatic heterocycles. The van der Waals surface area contributed by atoms with E-state index in [1.165, 1.54) is 22.2 Å². The zero-order valence-corrected chi connectivity index (χ0v) is 24.9. The van der Waals surface area contributed by atoms with Gasteiger partial charge in [-0.3, -0.25) is 20.6 Å². The Kier molecular flexibility index (Phi) is 14.6. The molecule has 0 aliphatic carbocycles. The summed E-state index contributed by atoms with van der Waals surface area (Å²) < 4.78 is 7.57. The van der Waals surface area contributed by atoms with Gasteiger partial charge in [0, 0.05) is 3.57 Å². The van der Waals surface area contributed by atoms with Gasteiger partial charge in [-0.2, -0.15) is 0 Å². The number of aliphatic hydroxyl groups excluding tert-OH is 5. The first-order valence-corrected chi connectivity index (χ1v) is 13.1. The lowest BCUT2D eigenvalue weighted by atomic mass is 10.1. The molecule has 1 aromatic carbocycles. The second-order valence-electron chi connectivity index (χ2n) is 7.12. The maximum atomic E-state index is 13.2. The van der Waals surface area contributed by atoms with Gasteiger partial charge in [0.25, 0.3) is 11.8 Å². The fourth-order valence-corrected chi connectivity index (χ4v) is 4.67. The van der Waals surface area contributed by atoms with Crippen molar-refractivity contribution in [3.8, 4) is 0 Å². The van der Waals surface area contributed by atoms with Crippen LogP contribution in [0.1, 0.15) is 27.6 Å². The average Bonchev–Trinajstić information content (AvgIpc) is 2.81. The van der Waals surface area contributed by atoms with Crippen molar-refractivity contribution < 1.29 is 44.7 Å². The topological polar surface area (TPSA) is 206 Å². The Labute approximate surface area is 243 Å². The quantitative estimate of drug-likeness (QED) is 0.0749. The summed E-state index contributed by atoms with van der Waals surface area (Å²) >= 11 is 5.16. The number of amides is 3. The number of nitrogens with one attached hydrogen (secondary N) is 1. The van der Waals surface area contributed by atoms with Crippen LogP contribution < -0.4 is 11.1 Å². The molecule has 1 aromatic rings. The molecule has 35 heavy (non-hydrogen) atoms. The average molecular weight is 836 g/mol. The van der Waals surface area contributed by atoms with E-state index in [1.54, 1.807) is 68.3 Å². The first-order valence-electron chi connectivity index (χ1n) is 10.1. The molecule has 0 saturated heterocycles. The van der Waals surface area contributed by atoms with Crippen molar-refractivity contribution in [1.29, 1.82) is 0 Å². The van der Waals surface area contributed by atoms with Gasteiger partial charge in [-0.25, -0.2) is 0 Å². The maximum absolute atomic E-state index is 13.2. The highest BCUT2D eigenvalue weighted by atomic mass is 127. The van der Waals surface area contributed by atoms with Crippen molar-refractivity contribution in [2.24, 2.45) is 5.73 Å². The summed E-state index contributed by atoms with van der Waals surface area (Å²) in [5.74, 6) is -1.72. The van der Waals surface area contributed by atoms with Gasteiger partial charge in [-0.1, -0.05) is 0 Å². The molecule has 0 aromatic heterocycles. The summed E-state index contributed by atoms with van der Waals surface area (Å²) in [5, 5.41) is 50.1. The fraction of sp³-hybridized carbons (Fsp3) is 0.526. The minimum absolute atomic E-state index is 0.0192. The Balaban J connectivity index is 3.27. The molecule has 0 heterocycles. The molecule has 0 radical (unpaired) electrons. The van der Waals surface area contributed by atoms with Gasteiger partial charge in [0.15, 0.2) is 6.29 Å². The summed E-state index contributed by atoms with van der Waals surface area (Å²) in [5.41, 5.74) is 5.59. The predicted molar refractivity (Wildman–Crippen MR) is 150 cm³/mol. The van der Waals surface area contributed by atoms with E-state index in [0.29, 0.717) is 0 Å². The molecule has 1 rings (SSSR count). The number of hydrogen-bond donors (Lipinski definition) is 7. The van der Waals surface area contributed by atoms with Gasteiger partial charge < -0.3 is 41.3 Å². The van der Waals surface area contributed by atoms with Crippen molar-refractivity contribution in [3.63, 3.8) is 0 Å². The zero-order chi connectivity index (χ0) is 26.9. The van der Waals surface area contributed by atoms with E-state index < -0.39 is 55.5 Å². The van der Waals surface area contributed by atoms with Gasteiger partial charge in [-0.15, -0.1) is 0 Å². The predicted octanol–water partition coefficient (Wildman–Crippen LogP) is -0.797. The fourth-order valence-electron chi connectivity index (χ4n) is 2.63. The lowest BCUT2D eigenvalue weighted by Crippen LogP contribution is -2.45. The van der Waals surface area contributed by atoms with E-state index in [0.717, 1.165) is 3.11 Å². The Morgan fingerprint density at radius 2 is 1.71 bits per heavy atom. The van der Waals surface area contributed by atoms with Crippen LogP contribution in [-0.2, 0) is 9.53 Å². The smallest absolute Gasteiger partial charge is 0.265 e. The number of rotatable bonds is 13. The minimum atomic E-state index is -1.69. The molecule has 16 heteroatoms. The highest BCUT2D eigenvalue weighted by molar-refractivity contribution is 14.1. The lowest BCUT2D eigenvalue weighted by molar-refractivity contribution is -0.114. The van der Waals surface area contributed by atoms with E-state index in [4.69, 9.17) is 15.6 Å². The van der Waals surface area contributed by atoms with Crippen molar-refractivity contribution in [2.75, 3.05) is 38.2 Å². The van der Waals surface area contributed by atoms with Crippen molar-refractivity contribution >= 4 is 91.7 Å². The monoisotopic (exact) mass is 836 g/mol. The number of anilines is 1. The molecule has 4 atom stereocenters. The number of ether oxygens (including phenoxy) is 1. The molecule has 0 bridgehead atoms. The Hall–Kier alpha value is -0.460. The molecule has 0 spiro atoms. The summed E-state index contributed by atoms with van der Waals surface area (Å²) in [6.45, 7) is 0.0576. The van der Waals surface area contributed by atoms with Crippen LogP contribution >= 0.6 is 68.3 Å². The number of aliphatic hydroxyl groups is 5. The lowest BCUT2D eigenvalue weighted by Gasteiger charge is -2.25. The van der Waals surface area contributed by atoms with E-state index in [-0.39, 0.29) is 40.1 Å². The maximum Gasteiger partial charge on any atom is 0.265 e. The van der Waals surface area contributed by atoms with Crippen LogP contribution in [0.15, 0.2) is 12.1 Å². The highest BCUT2D eigenvalue weighted by Gasteiger charge is 2.30. The SMILES string of the molecule is CC(O)OCCN(I)C(=O)c1c(NC(=O)CN)ccc(C(=O)N(I)CC(O)C(O)C(O)CO)c1I. The number of nitrogens with two attached hydrogens (primary N) is 1. The van der Waals surface area contributed by atoms with Crippen LogP contribution in [0.3, 0.4) is 0 Å². The first kappa shape index (κ1) is 32.6. The van der Waals surface area contributed by atoms with Crippen molar-refractivity contribution in [3.05, 3.63) is 26.8 Å². The van der Waals surface area contributed by atoms with Crippen LogP contribution in [0, 0.1) is 3.57 Å². The van der Waals surface area contributed by atoms with Crippen LogP contribution in [0.4, 0.5) is 5.69 Å². The second kappa shape index (κ2) is 15.7. The van der Waals surface area contributed by atoms with Crippen LogP contribution in [0.5, 0.6) is 0 Å². The van der Waals surface area contributed by atoms with E-state index in [9.17, 15) is 34.8 Å². The van der Waals surface area contributed by atoms with Gasteiger partial charge in [0.2, 0.25) is 5.91 Å². The Bertz CT molecular complexity index is 893. The standard InChI is InChI=1S/C19H27I3N4O9/c1-9(28)35-5-4-25(21)19(34)15-11(24-14(31)6-23)3-2-10(16(15)20)18(33)26(22)7-12(29)17(32)13(30)8-27/h2-3,9,12-13,17,27-30,32H,4-8,23H2,1H3,(H,24,31). The number of hydrogen-bond acceptors (Lipinski definition) is 10. The molecular weight excluding hydrogens is 809 g/mol. The van der Waals surface area contributed by atoms with Crippen LogP contribution in [0.2, 0.25) is 0 Å². The molecule has 13 nitrogen and oxygen atoms in total. The van der Waals surface area contributed by atoms with Gasteiger partial charge in [-0.05, 0) is 41.6 Å². The molecule has 3 amide bonds. The van der Waals surface area contributed by atoms with E-state index in [1.807, 2.05) is 0 Å². The van der Waals surface area contributed by atoms with Gasteiger partial charge in [0.1, 0.15) is 18.3 Å². The summed E-state index contributed by atoms with van der Waals surface area (Å²) in [7, 11) is 0. The van der Waals surface area contributed by atoms with Crippen LogP contribution in [0.25, 0.3) is 0 Å². The molecule has 198 valence electrons. The van der Waals surface area contributed by atoms with Crippen molar-refractivity contribution in [1.82, 2.24) is 6.23 Å². The minimum Gasteiger partial charge on any atom is -0.394 e. The third-order valence-electron chi connectivity index (χ3n) is 4.46. The molecule has 0 fully saturated rings. The highest BCUT2D eigenvalue weighted by Crippen LogP contribution is 2.29. The van der Waals surface area contributed by atoms with E-state index in [2.05, 4.69) is 5.32 Å². The number of benzene rings is 1. The van der Waals surface area contributed by atoms with Crippen LogP contribution in [-0.4, -0.2) is 107 Å². The normalized spacial score (nSPS) is 14.6. The summed E-state index contributed by atoms with van der Waals surface area (Å²) in [4.78, 5) is 38.2. The summed E-state index contributed by atoms with van der Waals surface area (Å²) in [6, 6.07) is 2.76. The number of carbonyl (C=O) groups is 3. The zero-order valence-electron chi connectivity index (χ0n) is 18.5. The molecular formula is C19H27I3N4O9. The number of halogens is 3. The first-order chi connectivity index (χ1) is 16.3. The second-order valence-corrected chi connectivity index (χ2v) is 10.5. The third kappa shape index (κ3) is 9.74. The van der Waals surface area contributed by atoms with E-state index >= 15 is 0 Å². The van der Waals surface area contributed by atoms with Gasteiger partial charge in [0.05, 0.1) is 95.4 Å². The molecule has 0 aliphatic rings.